The lowest BCUT2D eigenvalue weighted by Gasteiger charge is -2.09. The van der Waals surface area contributed by atoms with E-state index in [2.05, 4.69) is 34.6 Å². The van der Waals surface area contributed by atoms with Gasteiger partial charge in [0.25, 0.3) is 0 Å². The van der Waals surface area contributed by atoms with Gasteiger partial charge >= 0.3 is 0 Å². The van der Waals surface area contributed by atoms with E-state index < -0.39 is 0 Å². The number of hydrogen-bond donors (Lipinski definition) is 2. The lowest BCUT2D eigenvalue weighted by Crippen LogP contribution is -2.14. The Morgan fingerprint density at radius 2 is 1.94 bits per heavy atom. The number of nitrogens with two attached hydrogens (primary N) is 1. The predicted molar refractivity (Wildman–Crippen MR) is 66.5 cm³/mol. The summed E-state index contributed by atoms with van der Waals surface area (Å²) < 4.78 is 0. The molecule has 0 bridgehead atoms. The normalized spacial score (nSPS) is 10.6. The van der Waals surface area contributed by atoms with Crippen LogP contribution in [-0.2, 0) is 6.42 Å². The minimum atomic E-state index is 0.589. The molecule has 0 atom stereocenters. The smallest absolute Gasteiger partial charge is 0.156 e. The summed E-state index contributed by atoms with van der Waals surface area (Å²) in [6, 6.07) is 8.17. The Morgan fingerprint density at radius 3 is 2.62 bits per heavy atom. The van der Waals surface area contributed by atoms with Crippen LogP contribution in [-0.4, -0.2) is 23.3 Å². The third-order valence-electron chi connectivity index (χ3n) is 2.54. The maximum absolute atomic E-state index is 5.47. The second kappa shape index (κ2) is 4.90. The highest BCUT2D eigenvalue weighted by Gasteiger charge is 2.06. The zero-order valence-corrected chi connectivity index (χ0v) is 9.40. The summed E-state index contributed by atoms with van der Waals surface area (Å²) in [6.07, 6.45) is 0.894. The van der Waals surface area contributed by atoms with E-state index in [4.69, 9.17) is 5.73 Å². The zero-order valence-electron chi connectivity index (χ0n) is 9.40. The highest BCUT2D eigenvalue weighted by atomic mass is 15.2. The largest absolute Gasteiger partial charge is 0.367 e. The Balaban J connectivity index is 2.51. The summed E-state index contributed by atoms with van der Waals surface area (Å²) >= 11 is 0. The number of benzene rings is 1. The minimum Gasteiger partial charge on any atom is -0.367 e. The highest BCUT2D eigenvalue weighted by molar-refractivity contribution is 5.92. The van der Waals surface area contributed by atoms with Crippen molar-refractivity contribution >= 4 is 16.6 Å². The first kappa shape index (κ1) is 10.8. The van der Waals surface area contributed by atoms with Gasteiger partial charge in [-0.05, 0) is 6.42 Å². The van der Waals surface area contributed by atoms with E-state index >= 15 is 0 Å². The molecule has 1 aromatic heterocycles. The molecule has 1 aromatic carbocycles. The Hall–Kier alpha value is -1.68. The van der Waals surface area contributed by atoms with Gasteiger partial charge in [0.2, 0.25) is 0 Å². The van der Waals surface area contributed by atoms with Crippen molar-refractivity contribution in [1.29, 1.82) is 0 Å². The van der Waals surface area contributed by atoms with Gasteiger partial charge < -0.3 is 11.1 Å². The molecule has 4 nitrogen and oxygen atoms in total. The summed E-state index contributed by atoms with van der Waals surface area (Å²) in [4.78, 5) is 0. The third-order valence-corrected chi connectivity index (χ3v) is 2.54. The van der Waals surface area contributed by atoms with Gasteiger partial charge in [0.05, 0.1) is 5.69 Å². The third kappa shape index (κ3) is 1.97. The van der Waals surface area contributed by atoms with Gasteiger partial charge in [-0.15, -0.1) is 5.10 Å². The second-order valence-electron chi connectivity index (χ2n) is 3.61. The first-order chi connectivity index (χ1) is 7.86. The van der Waals surface area contributed by atoms with Crippen molar-refractivity contribution in [1.82, 2.24) is 10.2 Å². The zero-order chi connectivity index (χ0) is 11.4. The van der Waals surface area contributed by atoms with Gasteiger partial charge in [-0.1, -0.05) is 31.2 Å². The fourth-order valence-electron chi connectivity index (χ4n) is 1.74. The molecule has 0 saturated carbocycles. The van der Waals surface area contributed by atoms with Gasteiger partial charge in [-0.2, -0.15) is 5.10 Å². The lowest BCUT2D eigenvalue weighted by atomic mass is 10.1. The van der Waals surface area contributed by atoms with Crippen molar-refractivity contribution in [2.45, 2.75) is 13.3 Å². The molecule has 4 heteroatoms. The van der Waals surface area contributed by atoms with Crippen LogP contribution in [0.2, 0.25) is 0 Å². The average molecular weight is 216 g/mol. The molecule has 0 unspecified atom stereocenters. The van der Waals surface area contributed by atoms with E-state index in [1.807, 2.05) is 12.1 Å². The topological polar surface area (TPSA) is 63.8 Å². The van der Waals surface area contributed by atoms with Crippen molar-refractivity contribution in [3.8, 4) is 0 Å². The van der Waals surface area contributed by atoms with Crippen LogP contribution in [0.4, 0.5) is 5.82 Å². The summed E-state index contributed by atoms with van der Waals surface area (Å²) in [5, 5.41) is 13.9. The molecule has 3 N–H and O–H groups in total. The number of rotatable bonds is 4. The van der Waals surface area contributed by atoms with Crippen molar-refractivity contribution in [2.75, 3.05) is 18.4 Å². The van der Waals surface area contributed by atoms with Gasteiger partial charge in [0, 0.05) is 23.9 Å². The minimum absolute atomic E-state index is 0.589. The van der Waals surface area contributed by atoms with Gasteiger partial charge in [0.1, 0.15) is 0 Å². The Labute approximate surface area is 94.9 Å². The van der Waals surface area contributed by atoms with Crippen LogP contribution in [0.5, 0.6) is 0 Å². The average Bonchev–Trinajstić information content (AvgIpc) is 2.36. The maximum Gasteiger partial charge on any atom is 0.156 e. The fraction of sp³-hybridized carbons (Fsp3) is 0.333. The highest BCUT2D eigenvalue weighted by Crippen LogP contribution is 2.22. The van der Waals surface area contributed by atoms with Crippen LogP contribution in [0.15, 0.2) is 24.3 Å². The standard InChI is InChI=1S/C12H16N4/c1-2-11-9-5-3-4-6-10(9)12(16-15-11)14-8-7-13/h3-6H,2,7-8,13H2,1H3,(H,14,16). The lowest BCUT2D eigenvalue weighted by molar-refractivity contribution is 0.926. The molecule has 0 spiro atoms. The molecule has 2 rings (SSSR count). The fourth-order valence-corrected chi connectivity index (χ4v) is 1.74. The number of aryl methyl sites for hydroxylation is 1. The first-order valence-electron chi connectivity index (χ1n) is 5.55. The molecule has 0 amide bonds. The van der Waals surface area contributed by atoms with Crippen molar-refractivity contribution in [2.24, 2.45) is 5.73 Å². The molecule has 0 radical (unpaired) electrons. The molecule has 16 heavy (non-hydrogen) atoms. The number of nitrogens with one attached hydrogen (secondary N) is 1. The van der Waals surface area contributed by atoms with E-state index in [0.29, 0.717) is 13.1 Å². The van der Waals surface area contributed by atoms with Crippen LogP contribution in [0.1, 0.15) is 12.6 Å². The number of nitrogens with zero attached hydrogens (tertiary/aromatic N) is 2. The molecule has 1 heterocycles. The summed E-state index contributed by atoms with van der Waals surface area (Å²) in [5.74, 6) is 0.818. The number of aromatic nitrogens is 2. The van der Waals surface area contributed by atoms with E-state index in [1.165, 1.54) is 5.39 Å². The van der Waals surface area contributed by atoms with E-state index in [-0.39, 0.29) is 0 Å². The van der Waals surface area contributed by atoms with Crippen molar-refractivity contribution in [3.05, 3.63) is 30.0 Å². The number of anilines is 1. The second-order valence-corrected chi connectivity index (χ2v) is 3.61. The Morgan fingerprint density at radius 1 is 1.19 bits per heavy atom. The SMILES string of the molecule is CCc1nnc(NCCN)c2ccccc12. The van der Waals surface area contributed by atoms with E-state index in [1.54, 1.807) is 0 Å². The molecular weight excluding hydrogens is 200 g/mol. The summed E-state index contributed by atoms with van der Waals surface area (Å²) in [7, 11) is 0. The van der Waals surface area contributed by atoms with Crippen molar-refractivity contribution < 1.29 is 0 Å². The molecule has 0 aliphatic rings. The van der Waals surface area contributed by atoms with Crippen molar-refractivity contribution in [3.63, 3.8) is 0 Å². The first-order valence-corrected chi connectivity index (χ1v) is 5.55. The Kier molecular flexibility index (Phi) is 3.31. The maximum atomic E-state index is 5.47. The number of hydrogen-bond acceptors (Lipinski definition) is 4. The van der Waals surface area contributed by atoms with Gasteiger partial charge in [-0.3, -0.25) is 0 Å². The molecule has 0 aliphatic carbocycles. The molecule has 84 valence electrons. The molecule has 0 fully saturated rings. The van der Waals surface area contributed by atoms with Crippen LogP contribution in [0.25, 0.3) is 10.8 Å². The summed E-state index contributed by atoms with van der Waals surface area (Å²) in [6.45, 7) is 3.39. The molecule has 0 saturated heterocycles. The van der Waals surface area contributed by atoms with Crippen LogP contribution < -0.4 is 11.1 Å². The van der Waals surface area contributed by atoms with E-state index in [9.17, 15) is 0 Å². The van der Waals surface area contributed by atoms with Gasteiger partial charge in [0.15, 0.2) is 5.82 Å². The predicted octanol–water partition coefficient (Wildman–Crippen LogP) is 1.56. The van der Waals surface area contributed by atoms with Gasteiger partial charge in [-0.25, -0.2) is 0 Å². The van der Waals surface area contributed by atoms with Crippen LogP contribution >= 0.6 is 0 Å². The quantitative estimate of drug-likeness (QED) is 0.814. The van der Waals surface area contributed by atoms with Crippen LogP contribution in [0.3, 0.4) is 0 Å². The summed E-state index contributed by atoms with van der Waals surface area (Å²) in [5.41, 5.74) is 6.50. The molecule has 2 aromatic rings. The molecule has 0 aliphatic heterocycles. The molecular formula is C12H16N4. The Bertz CT molecular complexity index is 481. The van der Waals surface area contributed by atoms with Crippen LogP contribution in [0, 0.1) is 0 Å². The van der Waals surface area contributed by atoms with E-state index in [0.717, 1.165) is 23.3 Å². The monoisotopic (exact) mass is 216 g/mol. The number of fused-ring (bicyclic) bond motifs is 1.